The van der Waals surface area contributed by atoms with Crippen LogP contribution in [0, 0.1) is 0 Å². The van der Waals surface area contributed by atoms with Crippen molar-refractivity contribution in [2.24, 2.45) is 0 Å². The highest BCUT2D eigenvalue weighted by atomic mass is 32.2. The average Bonchev–Trinajstić information content (AvgIpc) is 2.78. The SMILES string of the molecule is CC(c1ccc(S(C)(=O)=O)cc1)N(C)CC(=O)Nc1ccccc1C(=O)c1ccccc1. The second-order valence-electron chi connectivity index (χ2n) is 7.72. The number of anilines is 1. The number of carbonyl (C=O) groups excluding carboxylic acids is 2. The number of para-hydroxylation sites is 1. The highest BCUT2D eigenvalue weighted by Crippen LogP contribution is 2.22. The lowest BCUT2D eigenvalue weighted by atomic mass is 10.0. The van der Waals surface area contributed by atoms with Crippen LogP contribution < -0.4 is 5.32 Å². The van der Waals surface area contributed by atoms with Crippen molar-refractivity contribution in [1.29, 1.82) is 0 Å². The number of amides is 1. The number of likely N-dealkylation sites (N-methyl/N-ethyl adjacent to an activating group) is 1. The maximum Gasteiger partial charge on any atom is 0.238 e. The van der Waals surface area contributed by atoms with Crippen LogP contribution in [0.15, 0.2) is 83.8 Å². The second kappa shape index (κ2) is 9.89. The topological polar surface area (TPSA) is 83.6 Å². The third-order valence-corrected chi connectivity index (χ3v) is 6.46. The van der Waals surface area contributed by atoms with E-state index in [2.05, 4.69) is 5.32 Å². The fourth-order valence-electron chi connectivity index (χ4n) is 3.34. The van der Waals surface area contributed by atoms with Gasteiger partial charge in [-0.05, 0) is 43.8 Å². The first kappa shape index (κ1) is 23.4. The van der Waals surface area contributed by atoms with Crippen molar-refractivity contribution in [3.8, 4) is 0 Å². The van der Waals surface area contributed by atoms with E-state index in [0.717, 1.165) is 5.56 Å². The molecule has 0 heterocycles. The minimum Gasteiger partial charge on any atom is -0.324 e. The zero-order valence-electron chi connectivity index (χ0n) is 18.3. The molecule has 0 fully saturated rings. The lowest BCUT2D eigenvalue weighted by Gasteiger charge is -2.25. The molecule has 7 heteroatoms. The predicted molar refractivity (Wildman–Crippen MR) is 126 cm³/mol. The van der Waals surface area contributed by atoms with Crippen molar-refractivity contribution in [2.75, 3.05) is 25.2 Å². The molecule has 3 aromatic rings. The molecule has 3 rings (SSSR count). The van der Waals surface area contributed by atoms with Crippen molar-refractivity contribution >= 4 is 27.2 Å². The normalized spacial score (nSPS) is 12.4. The molecule has 0 aliphatic heterocycles. The minimum atomic E-state index is -3.26. The Morgan fingerprint density at radius 1 is 0.906 bits per heavy atom. The summed E-state index contributed by atoms with van der Waals surface area (Å²) in [5.74, 6) is -0.408. The van der Waals surface area contributed by atoms with Gasteiger partial charge in [-0.3, -0.25) is 14.5 Å². The molecule has 0 radical (unpaired) electrons. The number of sulfone groups is 1. The third-order valence-electron chi connectivity index (χ3n) is 5.33. The Morgan fingerprint density at radius 3 is 2.12 bits per heavy atom. The lowest BCUT2D eigenvalue weighted by Crippen LogP contribution is -2.32. The Kier molecular flexibility index (Phi) is 7.22. The summed E-state index contributed by atoms with van der Waals surface area (Å²) in [5.41, 5.74) is 2.34. The number of ketones is 1. The molecule has 0 aliphatic carbocycles. The van der Waals surface area contributed by atoms with Gasteiger partial charge in [0.25, 0.3) is 0 Å². The van der Waals surface area contributed by atoms with Crippen LogP contribution in [-0.4, -0.2) is 44.9 Å². The molecule has 1 N–H and O–H groups in total. The van der Waals surface area contributed by atoms with Crippen LogP contribution >= 0.6 is 0 Å². The summed E-state index contributed by atoms with van der Waals surface area (Å²) in [5, 5.41) is 2.85. The number of nitrogens with zero attached hydrogens (tertiary/aromatic N) is 1. The molecule has 0 aliphatic rings. The number of rotatable bonds is 8. The number of benzene rings is 3. The average molecular weight is 451 g/mol. The van der Waals surface area contributed by atoms with Crippen molar-refractivity contribution in [1.82, 2.24) is 4.90 Å². The summed E-state index contributed by atoms with van der Waals surface area (Å²) in [4.78, 5) is 27.7. The lowest BCUT2D eigenvalue weighted by molar-refractivity contribution is -0.117. The summed E-state index contributed by atoms with van der Waals surface area (Å²) in [7, 11) is -1.44. The molecular formula is C25H26N2O4S. The third kappa shape index (κ3) is 5.69. The first-order chi connectivity index (χ1) is 15.2. The van der Waals surface area contributed by atoms with Gasteiger partial charge in [-0.2, -0.15) is 0 Å². The van der Waals surface area contributed by atoms with Gasteiger partial charge < -0.3 is 5.32 Å². The van der Waals surface area contributed by atoms with Crippen molar-refractivity contribution in [3.05, 3.63) is 95.6 Å². The van der Waals surface area contributed by atoms with Gasteiger partial charge in [0, 0.05) is 23.4 Å². The fraction of sp³-hybridized carbons (Fsp3) is 0.200. The molecule has 32 heavy (non-hydrogen) atoms. The van der Waals surface area contributed by atoms with Gasteiger partial charge in [0.15, 0.2) is 15.6 Å². The van der Waals surface area contributed by atoms with E-state index >= 15 is 0 Å². The maximum absolute atomic E-state index is 12.9. The Hall–Kier alpha value is -3.29. The summed E-state index contributed by atoms with van der Waals surface area (Å²) >= 11 is 0. The van der Waals surface area contributed by atoms with Crippen molar-refractivity contribution in [3.63, 3.8) is 0 Å². The number of carbonyl (C=O) groups is 2. The zero-order chi connectivity index (χ0) is 23.3. The maximum atomic E-state index is 12.9. The Labute approximate surface area is 188 Å². The van der Waals surface area contributed by atoms with E-state index in [0.29, 0.717) is 16.8 Å². The van der Waals surface area contributed by atoms with Gasteiger partial charge in [-0.25, -0.2) is 8.42 Å². The van der Waals surface area contributed by atoms with Crippen LogP contribution in [-0.2, 0) is 14.6 Å². The number of hydrogen-bond acceptors (Lipinski definition) is 5. The molecule has 6 nitrogen and oxygen atoms in total. The summed E-state index contributed by atoms with van der Waals surface area (Å²) in [6.45, 7) is 2.04. The van der Waals surface area contributed by atoms with Crippen LogP contribution in [0.5, 0.6) is 0 Å². The van der Waals surface area contributed by atoms with E-state index in [-0.39, 0.29) is 29.2 Å². The predicted octanol–water partition coefficient (Wildman–Crippen LogP) is 3.95. The number of nitrogens with one attached hydrogen (secondary N) is 1. The van der Waals surface area contributed by atoms with E-state index in [1.54, 1.807) is 72.8 Å². The van der Waals surface area contributed by atoms with E-state index in [1.807, 2.05) is 24.9 Å². The van der Waals surface area contributed by atoms with E-state index < -0.39 is 9.84 Å². The van der Waals surface area contributed by atoms with Gasteiger partial charge in [0.05, 0.1) is 17.1 Å². The van der Waals surface area contributed by atoms with Crippen LogP contribution in [0.2, 0.25) is 0 Å². The smallest absolute Gasteiger partial charge is 0.238 e. The van der Waals surface area contributed by atoms with Gasteiger partial charge in [0.1, 0.15) is 0 Å². The van der Waals surface area contributed by atoms with Crippen LogP contribution in [0.3, 0.4) is 0 Å². The molecule has 0 bridgehead atoms. The Bertz CT molecular complexity index is 1210. The molecule has 166 valence electrons. The molecule has 0 saturated carbocycles. The van der Waals surface area contributed by atoms with Crippen LogP contribution in [0.25, 0.3) is 0 Å². The molecule has 0 aromatic heterocycles. The zero-order valence-corrected chi connectivity index (χ0v) is 19.1. The van der Waals surface area contributed by atoms with Gasteiger partial charge >= 0.3 is 0 Å². The summed E-state index contributed by atoms with van der Waals surface area (Å²) < 4.78 is 23.3. The van der Waals surface area contributed by atoms with Crippen molar-refractivity contribution < 1.29 is 18.0 Å². The first-order valence-electron chi connectivity index (χ1n) is 10.2. The van der Waals surface area contributed by atoms with Gasteiger partial charge in [0.2, 0.25) is 5.91 Å². The van der Waals surface area contributed by atoms with Gasteiger partial charge in [-0.15, -0.1) is 0 Å². The fourth-order valence-corrected chi connectivity index (χ4v) is 3.97. The molecule has 0 saturated heterocycles. The highest BCUT2D eigenvalue weighted by Gasteiger charge is 2.18. The van der Waals surface area contributed by atoms with Crippen molar-refractivity contribution in [2.45, 2.75) is 17.9 Å². The Morgan fingerprint density at radius 2 is 1.50 bits per heavy atom. The Balaban J connectivity index is 1.69. The first-order valence-corrected chi connectivity index (χ1v) is 12.0. The monoisotopic (exact) mass is 450 g/mol. The van der Waals surface area contributed by atoms with E-state index in [9.17, 15) is 18.0 Å². The molecule has 0 spiro atoms. The minimum absolute atomic E-state index is 0.100. The molecule has 3 aromatic carbocycles. The molecule has 1 atom stereocenters. The molecule has 1 amide bonds. The van der Waals surface area contributed by atoms with Crippen LogP contribution in [0.1, 0.15) is 34.5 Å². The highest BCUT2D eigenvalue weighted by molar-refractivity contribution is 7.90. The largest absolute Gasteiger partial charge is 0.324 e. The standard InChI is InChI=1S/C25H26N2O4S/c1-18(19-13-15-21(16-14-19)32(3,30)31)27(2)17-24(28)26-23-12-8-7-11-22(23)25(29)20-9-5-4-6-10-20/h4-16,18H,17H2,1-3H3,(H,26,28). The molecule has 1 unspecified atom stereocenters. The second-order valence-corrected chi connectivity index (χ2v) is 9.74. The van der Waals surface area contributed by atoms with Gasteiger partial charge in [-0.1, -0.05) is 54.6 Å². The van der Waals surface area contributed by atoms with Crippen LogP contribution in [0.4, 0.5) is 5.69 Å². The van der Waals surface area contributed by atoms with E-state index in [4.69, 9.17) is 0 Å². The summed E-state index contributed by atoms with van der Waals surface area (Å²) in [6.07, 6.45) is 1.17. The number of hydrogen-bond donors (Lipinski definition) is 1. The van der Waals surface area contributed by atoms with E-state index in [1.165, 1.54) is 6.26 Å². The summed E-state index contributed by atoms with van der Waals surface area (Å²) in [6, 6.07) is 22.4. The quantitative estimate of drug-likeness (QED) is 0.526. The molecular weight excluding hydrogens is 424 g/mol.